The van der Waals surface area contributed by atoms with Gasteiger partial charge < -0.3 is 0 Å². The molecule has 0 unspecified atom stereocenters. The Labute approximate surface area is 367 Å². The van der Waals surface area contributed by atoms with Crippen LogP contribution in [-0.4, -0.2) is 0 Å². The van der Waals surface area contributed by atoms with Crippen LogP contribution in [0.25, 0.3) is 0 Å². The van der Waals surface area contributed by atoms with Crippen LogP contribution in [0, 0.1) is 0 Å². The van der Waals surface area contributed by atoms with E-state index in [0.29, 0.717) is 0 Å². The van der Waals surface area contributed by atoms with Gasteiger partial charge >= 0.3 is 369 Å². The van der Waals surface area contributed by atoms with Crippen molar-refractivity contribution >= 4 is 71.1 Å². The minimum atomic E-state index is -7.11. The van der Waals surface area contributed by atoms with Crippen LogP contribution < -0.4 is 47.7 Å². The second-order valence-corrected chi connectivity index (χ2v) is 74.5. The summed E-state index contributed by atoms with van der Waals surface area (Å²) in [5.41, 5.74) is -13.4. The second kappa shape index (κ2) is 18.1. The molecule has 9 rings (SSSR count). The normalized spacial score (nSPS) is 13.7. The van der Waals surface area contributed by atoms with E-state index in [1.54, 1.807) is 0 Å². The van der Waals surface area contributed by atoms with E-state index in [9.17, 15) is 0 Å². The van der Waals surface area contributed by atoms with Crippen LogP contribution >= 0.6 is 23.3 Å². The van der Waals surface area contributed by atoms with Gasteiger partial charge in [0.15, 0.2) is 0 Å². The van der Waals surface area contributed by atoms with E-state index in [1.165, 1.54) is 0 Å². The van der Waals surface area contributed by atoms with E-state index >= 15 is 12.6 Å². The molecule has 62 heavy (non-hydrogen) atoms. The first-order valence-electron chi connectivity index (χ1n) is 20.8. The molecule has 316 valence electrons. The van der Waals surface area contributed by atoms with Gasteiger partial charge in [0.25, 0.3) is 0 Å². The third-order valence-electron chi connectivity index (χ3n) is 12.3. The molecule has 0 bridgehead atoms. The van der Waals surface area contributed by atoms with Crippen LogP contribution in [0.1, 0.15) is 0 Å². The summed E-state index contributed by atoms with van der Waals surface area (Å²) in [5, 5.41) is 7.40. The fourth-order valence-corrected chi connectivity index (χ4v) is 175. The molecule has 0 amide bonds. The average molecular weight is 982 g/mol. The van der Waals surface area contributed by atoms with Crippen molar-refractivity contribution in [3.05, 3.63) is 273 Å². The maximum atomic E-state index is 20.4. The summed E-state index contributed by atoms with van der Waals surface area (Å²) < 4.78 is 61.1. The first-order chi connectivity index (χ1) is 30.4. The Hall–Kier alpha value is -4.89. The van der Waals surface area contributed by atoms with Gasteiger partial charge in [0, 0.05) is 0 Å². The Kier molecular flexibility index (Phi) is 12.4. The van der Waals surface area contributed by atoms with Crippen molar-refractivity contribution in [3.63, 3.8) is 0 Å². The number of hydrogen-bond acceptors (Lipinski definition) is 0. The second-order valence-electron chi connectivity index (χ2n) is 15.4. The zero-order chi connectivity index (χ0) is 42.5. The average Bonchev–Trinajstić information content (AvgIpc) is 3.35. The third kappa shape index (κ3) is 6.54. The fraction of sp³-hybridized carbons (Fsp3) is 0. The Bertz CT molecular complexity index is 2210. The van der Waals surface area contributed by atoms with Gasteiger partial charge in [-0.2, -0.15) is 0 Å². The standard InChI is InChI=1S/3C18H15P.F3HP.Ru.2H/c3*1-4-10-16(11-5-1)19(17-12-6-2-7-13-17)18-14-8-3-9-15-18;1-4(2)3;;;/h3*1-15H;4H;;;/q;;;+1;-4;;/p+3. The molecule has 8 heteroatoms. The third-order valence-corrected chi connectivity index (χ3v) is 128. The van der Waals surface area contributed by atoms with E-state index in [2.05, 4.69) is 109 Å². The van der Waals surface area contributed by atoms with Gasteiger partial charge in [-0.15, -0.1) is 0 Å². The van der Waals surface area contributed by atoms with Crippen LogP contribution in [0.5, 0.6) is 0 Å². The molecule has 0 saturated heterocycles. The van der Waals surface area contributed by atoms with Crippen LogP contribution in [-0.2, 0) is 12.8 Å². The molecule has 0 spiro atoms. The molecule has 0 aliphatic rings. The first-order valence-corrected chi connectivity index (χ1v) is 40.1. The van der Waals surface area contributed by atoms with Crippen molar-refractivity contribution in [2.75, 3.05) is 0 Å². The van der Waals surface area contributed by atoms with Crippen LogP contribution in [0.2, 0.25) is 0 Å². The van der Waals surface area contributed by atoms with Gasteiger partial charge in [0.1, 0.15) is 0 Å². The summed E-state index contributed by atoms with van der Waals surface area (Å²) >= 11 is -6.56. The van der Waals surface area contributed by atoms with E-state index < -0.39 is 36.2 Å². The van der Waals surface area contributed by atoms with Crippen molar-refractivity contribution in [3.8, 4) is 0 Å². The molecule has 0 radical (unpaired) electrons. The molecule has 0 nitrogen and oxygen atoms in total. The monoisotopic (exact) mass is 982 g/mol. The SMILES string of the molecule is F[PH](F)(F)[RuH2]([PH](c1ccccc1)(c1ccccc1)c1ccccc1)([PH](c1ccccc1)(c1ccccc1)c1ccccc1)[PH](c1ccccc1)(c1ccccc1)c1ccccc1. The van der Waals surface area contributed by atoms with Crippen molar-refractivity contribution in [1.82, 2.24) is 0 Å². The Morgan fingerprint density at radius 2 is 0.306 bits per heavy atom. The topological polar surface area (TPSA) is 0 Å². The molecule has 0 atom stereocenters. The molecule has 0 N–H and O–H groups in total. The van der Waals surface area contributed by atoms with Gasteiger partial charge in [0.05, 0.1) is 0 Å². The maximum absolute atomic E-state index is 20.4. The van der Waals surface area contributed by atoms with Crippen molar-refractivity contribution < 1.29 is 25.4 Å². The zero-order valence-corrected chi connectivity index (χ0v) is 40.0. The molecule has 0 aliphatic heterocycles. The van der Waals surface area contributed by atoms with E-state index in [0.717, 1.165) is 47.7 Å². The minimum absolute atomic E-state index is 0.822. The Balaban J connectivity index is 1.79. The zero-order valence-electron chi connectivity index (χ0n) is 34.0. The Morgan fingerprint density at radius 1 is 0.194 bits per heavy atom. The van der Waals surface area contributed by atoms with Crippen molar-refractivity contribution in [2.24, 2.45) is 0 Å². The molecule has 0 heterocycles. The first kappa shape index (κ1) is 42.4. The van der Waals surface area contributed by atoms with Crippen LogP contribution in [0.3, 0.4) is 0 Å². The molecule has 0 fully saturated rings. The quantitative estimate of drug-likeness (QED) is 0.0798. The summed E-state index contributed by atoms with van der Waals surface area (Å²) in [6.07, 6.45) is 0. The van der Waals surface area contributed by atoms with E-state index in [-0.39, 0.29) is 0 Å². The number of benzene rings is 9. The number of rotatable bonds is 13. The predicted molar refractivity (Wildman–Crippen MR) is 274 cm³/mol. The van der Waals surface area contributed by atoms with Gasteiger partial charge in [-0.05, 0) is 0 Å². The molecule has 9 aromatic rings. The van der Waals surface area contributed by atoms with Gasteiger partial charge in [0.2, 0.25) is 0 Å². The summed E-state index contributed by atoms with van der Waals surface area (Å²) in [6, 6.07) is 90.8. The molecule has 0 saturated carbocycles. The van der Waals surface area contributed by atoms with Crippen LogP contribution in [0.15, 0.2) is 273 Å². The van der Waals surface area contributed by atoms with Gasteiger partial charge in [-0.3, -0.25) is 0 Å². The summed E-state index contributed by atoms with van der Waals surface area (Å²) in [7, 11) is 0. The summed E-state index contributed by atoms with van der Waals surface area (Å²) in [5.74, 6) is 0. The van der Waals surface area contributed by atoms with E-state index in [4.69, 9.17) is 0 Å². The van der Waals surface area contributed by atoms with Crippen molar-refractivity contribution in [2.45, 2.75) is 0 Å². The summed E-state index contributed by atoms with van der Waals surface area (Å²) in [6.45, 7) is -7.11. The molecular weight excluding hydrogens is 931 g/mol. The van der Waals surface area contributed by atoms with Gasteiger partial charge in [-0.25, -0.2) is 0 Å². The molecule has 9 aromatic carbocycles. The molecule has 0 aliphatic carbocycles. The number of halogens is 3. The number of hydrogen-bond donors (Lipinski definition) is 0. The predicted octanol–water partition coefficient (Wildman–Crippen LogP) is 10.8. The fourth-order valence-electron chi connectivity index (χ4n) is 10.4. The molecule has 0 aromatic heterocycles. The van der Waals surface area contributed by atoms with Crippen LogP contribution in [0.4, 0.5) is 12.6 Å². The van der Waals surface area contributed by atoms with E-state index in [1.807, 2.05) is 164 Å². The molecular formula is C54H51F3P4Ru. The van der Waals surface area contributed by atoms with Gasteiger partial charge in [-0.1, -0.05) is 0 Å². The van der Waals surface area contributed by atoms with Crippen molar-refractivity contribution in [1.29, 1.82) is 0 Å². The Morgan fingerprint density at radius 3 is 0.403 bits per heavy atom. The summed E-state index contributed by atoms with van der Waals surface area (Å²) in [4.78, 5) is 0.